The van der Waals surface area contributed by atoms with Gasteiger partial charge in [-0.15, -0.1) is 0 Å². The van der Waals surface area contributed by atoms with Crippen LogP contribution in [0.15, 0.2) is 53.0 Å². The molecule has 8 heteroatoms. The van der Waals surface area contributed by atoms with Gasteiger partial charge in [0.1, 0.15) is 12.4 Å². The fourth-order valence-electron chi connectivity index (χ4n) is 2.61. The Kier molecular flexibility index (Phi) is 7.52. The first-order valence-electron chi connectivity index (χ1n) is 8.50. The molecule has 0 bridgehead atoms. The molecule has 0 atom stereocenters. The fraction of sp³-hybridized carbons (Fsp3) is 0.143. The van der Waals surface area contributed by atoms with E-state index in [2.05, 4.69) is 21.2 Å². The lowest BCUT2D eigenvalue weighted by molar-refractivity contribution is 0.279. The van der Waals surface area contributed by atoms with Crippen LogP contribution in [0, 0.1) is 5.82 Å². The Morgan fingerprint density at radius 2 is 1.76 bits per heavy atom. The van der Waals surface area contributed by atoms with Gasteiger partial charge in [-0.1, -0.05) is 56.8 Å². The summed E-state index contributed by atoms with van der Waals surface area (Å²) in [7, 11) is 1.54. The van der Waals surface area contributed by atoms with Gasteiger partial charge in [-0.2, -0.15) is 0 Å². The predicted molar refractivity (Wildman–Crippen MR) is 120 cm³/mol. The number of benzene rings is 3. The molecule has 0 saturated carbocycles. The van der Waals surface area contributed by atoms with Crippen molar-refractivity contribution in [3.63, 3.8) is 0 Å². The first-order chi connectivity index (χ1) is 13.9. The first kappa shape index (κ1) is 22.0. The number of nitrogens with one attached hydrogen (secondary N) is 1. The highest BCUT2D eigenvalue weighted by atomic mass is 79.9. The van der Waals surface area contributed by atoms with Gasteiger partial charge in [0.05, 0.1) is 22.2 Å². The minimum Gasteiger partial charge on any atom is -0.493 e. The van der Waals surface area contributed by atoms with Gasteiger partial charge in [-0.25, -0.2) is 4.39 Å². The number of rotatable bonds is 7. The second-order valence-corrected chi connectivity index (χ2v) is 8.14. The van der Waals surface area contributed by atoms with E-state index in [4.69, 9.17) is 44.3 Å². The van der Waals surface area contributed by atoms with Crippen molar-refractivity contribution in [1.82, 2.24) is 0 Å². The van der Waals surface area contributed by atoms with Crippen molar-refractivity contribution in [2.45, 2.75) is 13.2 Å². The SMILES string of the molecule is COc1cc(CNc2ccc(Cl)c(Cl)c2)c(Br)cc1OCc1c(F)cccc1Cl. The molecule has 1 N–H and O–H groups in total. The largest absolute Gasteiger partial charge is 0.493 e. The van der Waals surface area contributed by atoms with Crippen molar-refractivity contribution in [1.29, 1.82) is 0 Å². The molecule has 3 aromatic carbocycles. The molecule has 29 heavy (non-hydrogen) atoms. The van der Waals surface area contributed by atoms with E-state index >= 15 is 0 Å². The minimum absolute atomic E-state index is 0.0187. The molecule has 0 aromatic heterocycles. The van der Waals surface area contributed by atoms with Crippen molar-refractivity contribution in [3.05, 3.63) is 85.0 Å². The van der Waals surface area contributed by atoms with E-state index in [1.54, 1.807) is 37.4 Å². The smallest absolute Gasteiger partial charge is 0.162 e. The highest BCUT2D eigenvalue weighted by Gasteiger charge is 2.13. The van der Waals surface area contributed by atoms with Crippen LogP contribution in [0.3, 0.4) is 0 Å². The molecule has 0 saturated heterocycles. The summed E-state index contributed by atoms with van der Waals surface area (Å²) in [5.41, 5.74) is 2.06. The lowest BCUT2D eigenvalue weighted by Gasteiger charge is -2.15. The third-order valence-electron chi connectivity index (χ3n) is 4.17. The summed E-state index contributed by atoms with van der Waals surface area (Å²) in [6.07, 6.45) is 0. The Morgan fingerprint density at radius 3 is 2.45 bits per heavy atom. The molecule has 0 amide bonds. The van der Waals surface area contributed by atoms with E-state index in [0.29, 0.717) is 33.1 Å². The van der Waals surface area contributed by atoms with Crippen molar-refractivity contribution < 1.29 is 13.9 Å². The van der Waals surface area contributed by atoms with E-state index in [-0.39, 0.29) is 12.2 Å². The summed E-state index contributed by atoms with van der Waals surface area (Å²) >= 11 is 21.6. The maximum absolute atomic E-state index is 14.0. The number of halogens is 5. The van der Waals surface area contributed by atoms with E-state index in [9.17, 15) is 4.39 Å². The molecule has 3 rings (SSSR count). The highest BCUT2D eigenvalue weighted by Crippen LogP contribution is 2.35. The van der Waals surface area contributed by atoms with Crippen LogP contribution in [0.5, 0.6) is 11.5 Å². The summed E-state index contributed by atoms with van der Waals surface area (Å²) in [6, 6.07) is 13.5. The van der Waals surface area contributed by atoms with Crippen LogP contribution < -0.4 is 14.8 Å². The maximum atomic E-state index is 14.0. The average Bonchev–Trinajstić information content (AvgIpc) is 2.69. The van der Waals surface area contributed by atoms with E-state index < -0.39 is 5.82 Å². The second-order valence-electron chi connectivity index (χ2n) is 6.07. The molecule has 0 aliphatic rings. The Morgan fingerprint density at radius 1 is 0.966 bits per heavy atom. The van der Waals surface area contributed by atoms with Crippen LogP contribution in [0.2, 0.25) is 15.1 Å². The van der Waals surface area contributed by atoms with Gasteiger partial charge in [0.2, 0.25) is 0 Å². The van der Waals surface area contributed by atoms with Crippen molar-refractivity contribution in [2.75, 3.05) is 12.4 Å². The summed E-state index contributed by atoms with van der Waals surface area (Å²) in [5.74, 6) is 0.571. The zero-order valence-electron chi connectivity index (χ0n) is 15.2. The normalized spacial score (nSPS) is 10.7. The third-order valence-corrected chi connectivity index (χ3v) is 6.00. The van der Waals surface area contributed by atoms with E-state index in [1.807, 2.05) is 12.1 Å². The number of anilines is 1. The van der Waals surface area contributed by atoms with Crippen LogP contribution in [0.25, 0.3) is 0 Å². The Bertz CT molecular complexity index is 1010. The predicted octanol–water partition coefficient (Wildman–Crippen LogP) is 7.75. The topological polar surface area (TPSA) is 30.5 Å². The van der Waals surface area contributed by atoms with Gasteiger partial charge < -0.3 is 14.8 Å². The van der Waals surface area contributed by atoms with Crippen LogP contribution >= 0.6 is 50.7 Å². The third kappa shape index (κ3) is 5.48. The minimum atomic E-state index is -0.419. The average molecular weight is 520 g/mol. The van der Waals surface area contributed by atoms with E-state index in [1.165, 1.54) is 6.07 Å². The van der Waals surface area contributed by atoms with Crippen LogP contribution in [0.4, 0.5) is 10.1 Å². The summed E-state index contributed by atoms with van der Waals surface area (Å²) in [5, 5.41) is 4.56. The quantitative estimate of drug-likeness (QED) is 0.346. The fourth-order valence-corrected chi connectivity index (χ4v) is 3.59. The van der Waals surface area contributed by atoms with E-state index in [0.717, 1.165) is 15.7 Å². The van der Waals surface area contributed by atoms with Gasteiger partial charge in [-0.05, 0) is 48.0 Å². The highest BCUT2D eigenvalue weighted by molar-refractivity contribution is 9.10. The molecule has 152 valence electrons. The van der Waals surface area contributed by atoms with Gasteiger partial charge in [0, 0.05) is 22.3 Å². The second kappa shape index (κ2) is 9.90. The number of methoxy groups -OCH3 is 1. The van der Waals surface area contributed by atoms with Gasteiger partial charge >= 0.3 is 0 Å². The Balaban J connectivity index is 1.75. The number of hydrogen-bond donors (Lipinski definition) is 1. The monoisotopic (exact) mass is 517 g/mol. The van der Waals surface area contributed by atoms with Crippen molar-refractivity contribution in [3.8, 4) is 11.5 Å². The number of hydrogen-bond acceptors (Lipinski definition) is 3. The van der Waals surface area contributed by atoms with Gasteiger partial charge in [0.15, 0.2) is 11.5 Å². The van der Waals surface area contributed by atoms with Crippen LogP contribution in [-0.4, -0.2) is 7.11 Å². The number of ether oxygens (including phenoxy) is 2. The Labute approximate surface area is 191 Å². The lowest BCUT2D eigenvalue weighted by atomic mass is 10.2. The molecule has 0 heterocycles. The summed E-state index contributed by atoms with van der Waals surface area (Å²) in [4.78, 5) is 0. The summed E-state index contributed by atoms with van der Waals surface area (Å²) in [6.45, 7) is 0.490. The van der Waals surface area contributed by atoms with Crippen LogP contribution in [-0.2, 0) is 13.2 Å². The van der Waals surface area contributed by atoms with Gasteiger partial charge in [0.25, 0.3) is 0 Å². The van der Waals surface area contributed by atoms with Gasteiger partial charge in [-0.3, -0.25) is 0 Å². The molecule has 0 radical (unpaired) electrons. The molecule has 3 nitrogen and oxygen atoms in total. The summed E-state index contributed by atoms with van der Waals surface area (Å²) < 4.78 is 26.0. The Hall–Kier alpha value is -1.66. The lowest BCUT2D eigenvalue weighted by Crippen LogP contribution is -2.04. The molecule has 0 fully saturated rings. The van der Waals surface area contributed by atoms with Crippen molar-refractivity contribution >= 4 is 56.4 Å². The first-order valence-corrected chi connectivity index (χ1v) is 10.4. The van der Waals surface area contributed by atoms with Crippen LogP contribution in [0.1, 0.15) is 11.1 Å². The molecular formula is C21H16BrCl3FNO2. The standard InChI is InChI=1S/C21H16BrCl3FNO2/c1-28-20-7-12(10-27-13-5-6-17(24)18(25)8-13)15(22)9-21(20)29-11-14-16(23)3-2-4-19(14)26/h2-9,27H,10-11H2,1H3. The maximum Gasteiger partial charge on any atom is 0.162 e. The van der Waals surface area contributed by atoms with Crippen molar-refractivity contribution in [2.24, 2.45) is 0 Å². The zero-order valence-corrected chi connectivity index (χ0v) is 19.1. The molecule has 0 unspecified atom stereocenters. The molecular weight excluding hydrogens is 503 g/mol. The molecule has 0 spiro atoms. The molecule has 3 aromatic rings. The molecule has 0 aliphatic heterocycles. The molecule has 0 aliphatic carbocycles. The zero-order chi connectivity index (χ0) is 21.0.